The highest BCUT2D eigenvalue weighted by Crippen LogP contribution is 2.51. The van der Waals surface area contributed by atoms with E-state index in [2.05, 4.69) is 11.2 Å². The second kappa shape index (κ2) is 5.87. The van der Waals surface area contributed by atoms with Crippen LogP contribution in [0.3, 0.4) is 0 Å². The van der Waals surface area contributed by atoms with E-state index in [9.17, 15) is 4.57 Å². The maximum Gasteiger partial charge on any atom is 0.432 e. The number of benzene rings is 1. The Labute approximate surface area is 108 Å². The van der Waals surface area contributed by atoms with Gasteiger partial charge in [0, 0.05) is 5.69 Å². The Balaban J connectivity index is 2.18. The van der Waals surface area contributed by atoms with Crippen LogP contribution in [0.2, 0.25) is 0 Å². The molecule has 0 heterocycles. The van der Waals surface area contributed by atoms with Crippen molar-refractivity contribution in [2.45, 2.75) is 32.6 Å². The highest BCUT2D eigenvalue weighted by molar-refractivity contribution is 7.55. The van der Waals surface area contributed by atoms with Crippen LogP contribution in [0.4, 0.5) is 5.69 Å². The monoisotopic (exact) mass is 269 g/mol. The first-order valence-corrected chi connectivity index (χ1v) is 7.99. The Hall–Kier alpha value is -0.830. The van der Waals surface area contributed by atoms with Crippen molar-refractivity contribution in [3.05, 3.63) is 29.8 Å². The van der Waals surface area contributed by atoms with Crippen LogP contribution in [0.1, 0.15) is 38.2 Å². The van der Waals surface area contributed by atoms with Crippen molar-refractivity contribution < 1.29 is 13.6 Å². The molecule has 1 aliphatic rings. The third-order valence-electron chi connectivity index (χ3n) is 2.83. The molecule has 1 aromatic carbocycles. The van der Waals surface area contributed by atoms with E-state index in [1.165, 1.54) is 18.4 Å². The first kappa shape index (κ1) is 13.6. The predicted molar refractivity (Wildman–Crippen MR) is 72.9 cm³/mol. The van der Waals surface area contributed by atoms with Gasteiger partial charge in [-0.15, -0.1) is 0 Å². The summed E-state index contributed by atoms with van der Waals surface area (Å²) in [4.78, 5) is 0. The van der Waals surface area contributed by atoms with E-state index in [1.54, 1.807) is 13.8 Å². The fourth-order valence-corrected chi connectivity index (χ4v) is 3.32. The van der Waals surface area contributed by atoms with E-state index in [4.69, 9.17) is 9.05 Å². The van der Waals surface area contributed by atoms with Gasteiger partial charge in [-0.05, 0) is 44.2 Å². The fraction of sp³-hybridized carbons (Fsp3) is 0.538. The molecule has 2 rings (SSSR count). The maximum absolute atomic E-state index is 12.4. The van der Waals surface area contributed by atoms with Gasteiger partial charge in [-0.3, -0.25) is 14.1 Å². The Morgan fingerprint density at radius 1 is 1.22 bits per heavy atom. The highest BCUT2D eigenvalue weighted by atomic mass is 31.2. The first-order valence-electron chi connectivity index (χ1n) is 6.45. The molecule has 0 bridgehead atoms. The molecule has 0 amide bonds. The molecule has 1 fully saturated rings. The summed E-state index contributed by atoms with van der Waals surface area (Å²) < 4.78 is 22.9. The minimum absolute atomic E-state index is 0.357. The molecule has 0 spiro atoms. The number of para-hydroxylation sites is 1. The van der Waals surface area contributed by atoms with Gasteiger partial charge in [0.15, 0.2) is 0 Å². The summed E-state index contributed by atoms with van der Waals surface area (Å²) in [6.45, 7) is 4.33. The molecule has 0 atom stereocenters. The van der Waals surface area contributed by atoms with Gasteiger partial charge in [-0.1, -0.05) is 18.2 Å². The largest absolute Gasteiger partial charge is 0.432 e. The molecular formula is C13H20NO3P. The van der Waals surface area contributed by atoms with E-state index in [1.807, 2.05) is 18.2 Å². The predicted octanol–water partition coefficient (Wildman–Crippen LogP) is 4.16. The average Bonchev–Trinajstić information content (AvgIpc) is 3.14. The molecular weight excluding hydrogens is 249 g/mol. The van der Waals surface area contributed by atoms with Gasteiger partial charge in [0.05, 0.1) is 13.2 Å². The fourth-order valence-electron chi connectivity index (χ4n) is 1.94. The molecule has 0 radical (unpaired) electrons. The Morgan fingerprint density at radius 2 is 1.83 bits per heavy atom. The number of anilines is 1. The topological polar surface area (TPSA) is 47.6 Å². The van der Waals surface area contributed by atoms with Gasteiger partial charge in [-0.2, -0.15) is 0 Å². The van der Waals surface area contributed by atoms with Gasteiger partial charge in [0.1, 0.15) is 0 Å². The summed E-state index contributed by atoms with van der Waals surface area (Å²) in [7, 11) is -3.23. The number of hydrogen-bond acceptors (Lipinski definition) is 3. The quantitative estimate of drug-likeness (QED) is 0.755. The summed E-state index contributed by atoms with van der Waals surface area (Å²) in [5.74, 6) is 0.588. The minimum Gasteiger partial charge on any atom is -0.293 e. The molecule has 1 aromatic rings. The molecule has 0 aliphatic heterocycles. The Bertz CT molecular complexity index is 436. The lowest BCUT2D eigenvalue weighted by Gasteiger charge is -2.20. The normalized spacial score (nSPS) is 15.7. The lowest BCUT2D eigenvalue weighted by molar-refractivity contribution is 0.225. The van der Waals surface area contributed by atoms with Crippen LogP contribution in [0.25, 0.3) is 0 Å². The van der Waals surface area contributed by atoms with E-state index in [0.717, 1.165) is 5.69 Å². The second-order valence-electron chi connectivity index (χ2n) is 4.31. The van der Waals surface area contributed by atoms with Crippen molar-refractivity contribution in [2.24, 2.45) is 0 Å². The lowest BCUT2D eigenvalue weighted by Crippen LogP contribution is -2.06. The first-order chi connectivity index (χ1) is 8.68. The molecule has 4 nitrogen and oxygen atoms in total. The molecule has 0 aromatic heterocycles. The van der Waals surface area contributed by atoms with Crippen molar-refractivity contribution >= 4 is 13.4 Å². The van der Waals surface area contributed by atoms with Crippen LogP contribution in [0.15, 0.2) is 24.3 Å². The van der Waals surface area contributed by atoms with Crippen molar-refractivity contribution in [3.8, 4) is 0 Å². The van der Waals surface area contributed by atoms with E-state index in [-0.39, 0.29) is 0 Å². The maximum atomic E-state index is 12.4. The van der Waals surface area contributed by atoms with Crippen LogP contribution < -0.4 is 5.09 Å². The van der Waals surface area contributed by atoms with Crippen molar-refractivity contribution in [3.63, 3.8) is 0 Å². The molecule has 5 heteroatoms. The van der Waals surface area contributed by atoms with E-state index >= 15 is 0 Å². The number of rotatable bonds is 7. The molecule has 1 saturated carbocycles. The SMILES string of the molecule is CCOP(=O)(Nc1ccccc1C1CC1)OCC. The van der Waals surface area contributed by atoms with Crippen LogP contribution >= 0.6 is 7.75 Å². The van der Waals surface area contributed by atoms with Crippen LogP contribution in [-0.4, -0.2) is 13.2 Å². The van der Waals surface area contributed by atoms with Gasteiger partial charge in [-0.25, -0.2) is 4.57 Å². The lowest BCUT2D eigenvalue weighted by atomic mass is 10.1. The summed E-state index contributed by atoms with van der Waals surface area (Å²) in [6, 6.07) is 7.93. The molecule has 100 valence electrons. The second-order valence-corrected chi connectivity index (χ2v) is 6.04. The van der Waals surface area contributed by atoms with Gasteiger partial charge >= 0.3 is 7.75 Å². The summed E-state index contributed by atoms with van der Waals surface area (Å²) in [6.07, 6.45) is 2.40. The van der Waals surface area contributed by atoms with Crippen molar-refractivity contribution in [2.75, 3.05) is 18.3 Å². The minimum atomic E-state index is -3.23. The summed E-state index contributed by atoms with van der Waals surface area (Å²) in [5.41, 5.74) is 2.07. The van der Waals surface area contributed by atoms with E-state index in [0.29, 0.717) is 19.1 Å². The zero-order valence-electron chi connectivity index (χ0n) is 10.9. The Kier molecular flexibility index (Phi) is 4.44. The van der Waals surface area contributed by atoms with E-state index < -0.39 is 7.75 Å². The summed E-state index contributed by atoms with van der Waals surface area (Å²) >= 11 is 0. The molecule has 18 heavy (non-hydrogen) atoms. The van der Waals surface area contributed by atoms with Gasteiger partial charge in [0.2, 0.25) is 0 Å². The molecule has 1 N–H and O–H groups in total. The Morgan fingerprint density at radius 3 is 2.39 bits per heavy atom. The molecule has 0 saturated heterocycles. The third-order valence-corrected chi connectivity index (χ3v) is 4.54. The average molecular weight is 269 g/mol. The smallest absolute Gasteiger partial charge is 0.293 e. The van der Waals surface area contributed by atoms with Gasteiger partial charge in [0.25, 0.3) is 0 Å². The standard InChI is InChI=1S/C13H20NO3P/c1-3-16-18(15,17-4-2)14-13-8-6-5-7-12(13)11-9-10-11/h5-8,11H,3-4,9-10H2,1-2H3,(H,14,15). The zero-order chi connectivity index (χ0) is 13.0. The third kappa shape index (κ3) is 3.35. The van der Waals surface area contributed by atoms with Crippen LogP contribution in [0.5, 0.6) is 0 Å². The van der Waals surface area contributed by atoms with Crippen LogP contribution in [0, 0.1) is 0 Å². The highest BCUT2D eigenvalue weighted by Gasteiger charge is 2.29. The molecule has 0 unspecified atom stereocenters. The van der Waals surface area contributed by atoms with Crippen molar-refractivity contribution in [1.29, 1.82) is 0 Å². The van der Waals surface area contributed by atoms with Gasteiger partial charge < -0.3 is 0 Å². The van der Waals surface area contributed by atoms with Crippen molar-refractivity contribution in [1.82, 2.24) is 0 Å². The number of nitrogens with one attached hydrogen (secondary N) is 1. The number of hydrogen-bond donors (Lipinski definition) is 1. The molecule has 1 aliphatic carbocycles. The van der Waals surface area contributed by atoms with Crippen LogP contribution in [-0.2, 0) is 13.6 Å². The zero-order valence-corrected chi connectivity index (χ0v) is 11.8. The summed E-state index contributed by atoms with van der Waals surface area (Å²) in [5, 5.41) is 2.96.